The van der Waals surface area contributed by atoms with E-state index in [1.165, 1.54) is 16.7 Å². The molecule has 1 atom stereocenters. The van der Waals surface area contributed by atoms with Gasteiger partial charge in [0.15, 0.2) is 0 Å². The van der Waals surface area contributed by atoms with Crippen molar-refractivity contribution in [1.29, 1.82) is 0 Å². The Morgan fingerprint density at radius 2 is 1.85 bits per heavy atom. The zero-order valence-electron chi connectivity index (χ0n) is 12.1. The van der Waals surface area contributed by atoms with E-state index in [0.29, 0.717) is 12.0 Å². The first-order valence-corrected chi connectivity index (χ1v) is 7.28. The van der Waals surface area contributed by atoms with Crippen molar-refractivity contribution in [3.05, 3.63) is 65.2 Å². The second-order valence-electron chi connectivity index (χ2n) is 5.68. The van der Waals surface area contributed by atoms with Crippen LogP contribution in [0.15, 0.2) is 48.5 Å². The first-order chi connectivity index (χ1) is 9.74. The third kappa shape index (κ3) is 2.70. The summed E-state index contributed by atoms with van der Waals surface area (Å²) in [6.07, 6.45) is 0. The standard InChI is InChI=1S/C18H21NO/c1-13(2)15-9-7-14(8-10-15)11-19-17-12-20-18-6-4-3-5-16(17)18/h3-10,13,17,19H,11-12H2,1-2H3. The molecule has 0 aromatic heterocycles. The Morgan fingerprint density at radius 1 is 1.10 bits per heavy atom. The van der Waals surface area contributed by atoms with E-state index in [2.05, 4.69) is 55.6 Å². The number of rotatable bonds is 4. The van der Waals surface area contributed by atoms with Crippen LogP contribution in [0.4, 0.5) is 0 Å². The van der Waals surface area contributed by atoms with Crippen LogP contribution in [-0.2, 0) is 6.54 Å². The highest BCUT2D eigenvalue weighted by molar-refractivity contribution is 5.39. The van der Waals surface area contributed by atoms with E-state index in [-0.39, 0.29) is 0 Å². The molecule has 1 unspecified atom stereocenters. The summed E-state index contributed by atoms with van der Waals surface area (Å²) in [6.45, 7) is 6.05. The van der Waals surface area contributed by atoms with Crippen LogP contribution in [-0.4, -0.2) is 6.61 Å². The lowest BCUT2D eigenvalue weighted by Gasteiger charge is -2.12. The lowest BCUT2D eigenvalue weighted by Crippen LogP contribution is -2.21. The van der Waals surface area contributed by atoms with Crippen LogP contribution in [0.2, 0.25) is 0 Å². The third-order valence-electron chi connectivity index (χ3n) is 3.90. The molecule has 0 amide bonds. The molecule has 0 radical (unpaired) electrons. The molecule has 2 nitrogen and oxygen atoms in total. The third-order valence-corrected chi connectivity index (χ3v) is 3.90. The highest BCUT2D eigenvalue weighted by atomic mass is 16.5. The maximum atomic E-state index is 5.69. The van der Waals surface area contributed by atoms with Gasteiger partial charge in [0.1, 0.15) is 12.4 Å². The molecule has 2 aromatic rings. The summed E-state index contributed by atoms with van der Waals surface area (Å²) in [7, 11) is 0. The topological polar surface area (TPSA) is 21.3 Å². The van der Waals surface area contributed by atoms with Crippen LogP contribution < -0.4 is 10.1 Å². The Balaban J connectivity index is 1.63. The number of hydrogen-bond acceptors (Lipinski definition) is 2. The minimum absolute atomic E-state index is 0.302. The van der Waals surface area contributed by atoms with Gasteiger partial charge in [0.05, 0.1) is 6.04 Å². The summed E-state index contributed by atoms with van der Waals surface area (Å²) in [5.74, 6) is 1.60. The molecule has 0 spiro atoms. The minimum Gasteiger partial charge on any atom is -0.491 e. The van der Waals surface area contributed by atoms with Crippen molar-refractivity contribution >= 4 is 0 Å². The summed E-state index contributed by atoms with van der Waals surface area (Å²) in [5, 5.41) is 3.58. The monoisotopic (exact) mass is 267 g/mol. The highest BCUT2D eigenvalue weighted by Gasteiger charge is 2.22. The summed E-state index contributed by atoms with van der Waals surface area (Å²) in [5.41, 5.74) is 3.98. The Bertz CT molecular complexity index is 574. The summed E-state index contributed by atoms with van der Waals surface area (Å²) >= 11 is 0. The van der Waals surface area contributed by atoms with E-state index in [4.69, 9.17) is 4.74 Å². The van der Waals surface area contributed by atoms with Crippen LogP contribution in [0.25, 0.3) is 0 Å². The maximum absolute atomic E-state index is 5.69. The first kappa shape index (κ1) is 13.2. The van der Waals surface area contributed by atoms with Crippen molar-refractivity contribution in [2.75, 3.05) is 6.61 Å². The van der Waals surface area contributed by atoms with E-state index in [9.17, 15) is 0 Å². The molecule has 3 rings (SSSR count). The van der Waals surface area contributed by atoms with Crippen LogP contribution in [0.3, 0.4) is 0 Å². The Kier molecular flexibility index (Phi) is 3.75. The fourth-order valence-corrected chi connectivity index (χ4v) is 2.59. The second-order valence-corrected chi connectivity index (χ2v) is 5.68. The van der Waals surface area contributed by atoms with Crippen molar-refractivity contribution in [1.82, 2.24) is 5.32 Å². The molecule has 1 aliphatic heterocycles. The van der Waals surface area contributed by atoms with Crippen molar-refractivity contribution in [2.24, 2.45) is 0 Å². The smallest absolute Gasteiger partial charge is 0.124 e. The van der Waals surface area contributed by atoms with Gasteiger partial charge in [-0.25, -0.2) is 0 Å². The van der Waals surface area contributed by atoms with Crippen LogP contribution in [0.1, 0.15) is 42.5 Å². The lowest BCUT2D eigenvalue weighted by molar-refractivity contribution is 0.310. The number of hydrogen-bond donors (Lipinski definition) is 1. The van der Waals surface area contributed by atoms with Gasteiger partial charge >= 0.3 is 0 Å². The molecule has 1 N–H and O–H groups in total. The molecule has 20 heavy (non-hydrogen) atoms. The largest absolute Gasteiger partial charge is 0.491 e. The average molecular weight is 267 g/mol. The molecule has 1 aliphatic rings. The molecular weight excluding hydrogens is 246 g/mol. The van der Waals surface area contributed by atoms with Gasteiger partial charge in [0.2, 0.25) is 0 Å². The quantitative estimate of drug-likeness (QED) is 0.903. The number of fused-ring (bicyclic) bond motifs is 1. The zero-order chi connectivity index (χ0) is 13.9. The van der Waals surface area contributed by atoms with E-state index >= 15 is 0 Å². The lowest BCUT2D eigenvalue weighted by atomic mass is 10.0. The fourth-order valence-electron chi connectivity index (χ4n) is 2.59. The number of ether oxygens (including phenoxy) is 1. The molecule has 0 fully saturated rings. The van der Waals surface area contributed by atoms with E-state index in [1.54, 1.807) is 0 Å². The van der Waals surface area contributed by atoms with Crippen molar-refractivity contribution in [3.8, 4) is 5.75 Å². The van der Waals surface area contributed by atoms with Crippen molar-refractivity contribution in [2.45, 2.75) is 32.4 Å². The molecule has 104 valence electrons. The predicted molar refractivity (Wildman–Crippen MR) is 82.0 cm³/mol. The minimum atomic E-state index is 0.302. The molecule has 1 heterocycles. The molecule has 2 heteroatoms. The van der Waals surface area contributed by atoms with Crippen LogP contribution >= 0.6 is 0 Å². The van der Waals surface area contributed by atoms with Gasteiger partial charge in [-0.15, -0.1) is 0 Å². The van der Waals surface area contributed by atoms with Gasteiger partial charge < -0.3 is 10.1 Å². The SMILES string of the molecule is CC(C)c1ccc(CNC2COc3ccccc32)cc1. The van der Waals surface area contributed by atoms with Gasteiger partial charge in [-0.05, 0) is 23.1 Å². The second kappa shape index (κ2) is 5.68. The highest BCUT2D eigenvalue weighted by Crippen LogP contribution is 2.31. The maximum Gasteiger partial charge on any atom is 0.124 e. The predicted octanol–water partition coefficient (Wildman–Crippen LogP) is 4.03. The van der Waals surface area contributed by atoms with Gasteiger partial charge in [0, 0.05) is 12.1 Å². The number of nitrogens with one attached hydrogen (secondary N) is 1. The van der Waals surface area contributed by atoms with E-state index in [0.717, 1.165) is 18.9 Å². The number of para-hydroxylation sites is 1. The van der Waals surface area contributed by atoms with Gasteiger partial charge in [-0.3, -0.25) is 0 Å². The normalized spacial score (nSPS) is 17.1. The molecule has 0 saturated carbocycles. The van der Waals surface area contributed by atoms with Gasteiger partial charge in [-0.1, -0.05) is 56.3 Å². The Morgan fingerprint density at radius 3 is 2.60 bits per heavy atom. The van der Waals surface area contributed by atoms with Crippen molar-refractivity contribution in [3.63, 3.8) is 0 Å². The molecular formula is C18H21NO. The first-order valence-electron chi connectivity index (χ1n) is 7.28. The zero-order valence-corrected chi connectivity index (χ0v) is 12.1. The summed E-state index contributed by atoms with van der Waals surface area (Å²) in [4.78, 5) is 0. The van der Waals surface area contributed by atoms with Crippen LogP contribution in [0.5, 0.6) is 5.75 Å². The van der Waals surface area contributed by atoms with E-state index in [1.807, 2.05) is 12.1 Å². The fraction of sp³-hybridized carbons (Fsp3) is 0.333. The van der Waals surface area contributed by atoms with Crippen LogP contribution in [0, 0.1) is 0 Å². The molecule has 0 bridgehead atoms. The molecule has 2 aromatic carbocycles. The molecule has 0 aliphatic carbocycles. The number of benzene rings is 2. The van der Waals surface area contributed by atoms with E-state index < -0.39 is 0 Å². The molecule has 0 saturated heterocycles. The Labute approximate surface area is 120 Å². The summed E-state index contributed by atoms with van der Waals surface area (Å²) in [6, 6.07) is 17.4. The summed E-state index contributed by atoms with van der Waals surface area (Å²) < 4.78 is 5.69. The Hall–Kier alpha value is -1.80. The average Bonchev–Trinajstić information content (AvgIpc) is 2.89. The van der Waals surface area contributed by atoms with Gasteiger partial charge in [0.25, 0.3) is 0 Å². The van der Waals surface area contributed by atoms with Gasteiger partial charge in [-0.2, -0.15) is 0 Å². The van der Waals surface area contributed by atoms with Crippen molar-refractivity contribution < 1.29 is 4.74 Å².